The molecule has 0 bridgehead atoms. The predicted molar refractivity (Wildman–Crippen MR) is 85.7 cm³/mol. The molecular formula is C15H13BrCl2O3. The summed E-state index contributed by atoms with van der Waals surface area (Å²) < 4.78 is 6.23. The Labute approximate surface area is 141 Å². The molecule has 0 aromatic heterocycles. The fraction of sp³-hybridized carbons (Fsp3) is 0.400. The van der Waals surface area contributed by atoms with E-state index >= 15 is 0 Å². The van der Waals surface area contributed by atoms with Crippen LogP contribution in [0.3, 0.4) is 0 Å². The molecule has 0 amide bonds. The van der Waals surface area contributed by atoms with Crippen LogP contribution in [0.25, 0.3) is 5.57 Å². The minimum absolute atomic E-state index is 0.0319. The highest BCUT2D eigenvalue weighted by Crippen LogP contribution is 2.49. The monoisotopic (exact) mass is 390 g/mol. The molecule has 6 heteroatoms. The smallest absolute Gasteiger partial charge is 0.343 e. The number of carbonyl (C=O) groups is 1. The van der Waals surface area contributed by atoms with E-state index in [1.807, 2.05) is 6.92 Å². The topological polar surface area (TPSA) is 46.5 Å². The minimum Gasteiger partial charge on any atom is -0.507 e. The van der Waals surface area contributed by atoms with E-state index in [4.69, 9.17) is 27.9 Å². The molecule has 21 heavy (non-hydrogen) atoms. The summed E-state index contributed by atoms with van der Waals surface area (Å²) in [6.07, 6.45) is 3.12. The number of aliphatic hydroxyl groups excluding tert-OH is 1. The number of carbonyl (C=O) groups excluding carboxylic acids is 1. The lowest BCUT2D eigenvalue weighted by molar-refractivity contribution is -0.146. The van der Waals surface area contributed by atoms with Gasteiger partial charge in [-0.15, -0.1) is 0 Å². The highest BCUT2D eigenvalue weighted by Gasteiger charge is 2.51. The average Bonchev–Trinajstić information content (AvgIpc) is 2.97. The molecule has 0 atom stereocenters. The maximum atomic E-state index is 12.3. The number of benzene rings is 1. The van der Waals surface area contributed by atoms with Crippen LogP contribution in [-0.4, -0.2) is 16.7 Å². The van der Waals surface area contributed by atoms with E-state index < -0.39 is 11.6 Å². The van der Waals surface area contributed by atoms with Crippen LogP contribution in [0, 0.1) is 6.92 Å². The van der Waals surface area contributed by atoms with Gasteiger partial charge in [0.05, 0.1) is 10.0 Å². The molecule has 1 fully saturated rings. The van der Waals surface area contributed by atoms with E-state index in [0.717, 1.165) is 22.9 Å². The van der Waals surface area contributed by atoms with Crippen molar-refractivity contribution < 1.29 is 14.6 Å². The molecule has 1 spiro atoms. The summed E-state index contributed by atoms with van der Waals surface area (Å²) in [6.45, 7) is 1.81. The van der Waals surface area contributed by atoms with Crippen LogP contribution in [0.5, 0.6) is 0 Å². The van der Waals surface area contributed by atoms with E-state index in [9.17, 15) is 9.90 Å². The quantitative estimate of drug-likeness (QED) is 0.669. The number of ether oxygens (including phenoxy) is 1. The van der Waals surface area contributed by atoms with Gasteiger partial charge < -0.3 is 9.84 Å². The van der Waals surface area contributed by atoms with Crippen molar-refractivity contribution in [3.63, 3.8) is 0 Å². The fourth-order valence-corrected chi connectivity index (χ4v) is 4.34. The van der Waals surface area contributed by atoms with Gasteiger partial charge in [0.25, 0.3) is 0 Å². The Kier molecular flexibility index (Phi) is 3.75. The first kappa shape index (κ1) is 15.2. The lowest BCUT2D eigenvalue weighted by Gasteiger charge is -2.21. The van der Waals surface area contributed by atoms with Gasteiger partial charge >= 0.3 is 5.97 Å². The Morgan fingerprint density at radius 2 is 1.95 bits per heavy atom. The number of halogens is 3. The standard InChI is InChI=1S/C15H13BrCl2O3/c1-7-8(16)6-9(17)10(12(7)18)11-13(19)15(21-14(11)20)4-2-3-5-15/h6,19H,2-5H2,1H3. The number of hydrogen-bond acceptors (Lipinski definition) is 3. The molecule has 1 aliphatic heterocycles. The van der Waals surface area contributed by atoms with Gasteiger partial charge in [0.2, 0.25) is 0 Å². The van der Waals surface area contributed by atoms with E-state index in [0.29, 0.717) is 28.5 Å². The van der Waals surface area contributed by atoms with Crippen molar-refractivity contribution in [3.05, 3.63) is 37.5 Å². The van der Waals surface area contributed by atoms with Gasteiger partial charge in [0.1, 0.15) is 5.57 Å². The summed E-state index contributed by atoms with van der Waals surface area (Å²) in [5.74, 6) is -0.588. The maximum absolute atomic E-state index is 12.3. The zero-order valence-electron chi connectivity index (χ0n) is 11.3. The molecule has 0 unspecified atom stereocenters. The molecule has 1 aromatic rings. The average molecular weight is 392 g/mol. The minimum atomic E-state index is -0.875. The first-order valence-electron chi connectivity index (χ1n) is 6.69. The van der Waals surface area contributed by atoms with Crippen LogP contribution in [0.2, 0.25) is 10.0 Å². The van der Waals surface area contributed by atoms with Gasteiger partial charge in [0, 0.05) is 10.0 Å². The molecule has 2 aliphatic rings. The molecule has 112 valence electrons. The lowest BCUT2D eigenvalue weighted by Crippen LogP contribution is -2.27. The van der Waals surface area contributed by atoms with Gasteiger partial charge in [0.15, 0.2) is 11.4 Å². The van der Waals surface area contributed by atoms with Gasteiger partial charge in [-0.1, -0.05) is 39.1 Å². The second kappa shape index (κ2) is 5.18. The van der Waals surface area contributed by atoms with Crippen molar-refractivity contribution in [2.24, 2.45) is 0 Å². The summed E-state index contributed by atoms with van der Waals surface area (Å²) in [5.41, 5.74) is 0.337. The van der Waals surface area contributed by atoms with Crippen molar-refractivity contribution >= 4 is 50.7 Å². The van der Waals surface area contributed by atoms with Crippen molar-refractivity contribution in [3.8, 4) is 0 Å². The van der Waals surface area contributed by atoms with Crippen molar-refractivity contribution in [2.45, 2.75) is 38.2 Å². The summed E-state index contributed by atoms with van der Waals surface area (Å²) in [6, 6.07) is 1.67. The third kappa shape index (κ3) is 2.19. The fourth-order valence-electron chi connectivity index (χ4n) is 3.02. The maximum Gasteiger partial charge on any atom is 0.343 e. The Morgan fingerprint density at radius 3 is 2.57 bits per heavy atom. The molecule has 1 heterocycles. The van der Waals surface area contributed by atoms with E-state index in [-0.39, 0.29) is 11.3 Å². The van der Waals surface area contributed by atoms with Crippen LogP contribution in [0.1, 0.15) is 36.8 Å². The van der Waals surface area contributed by atoms with E-state index in [1.54, 1.807) is 6.07 Å². The zero-order chi connectivity index (χ0) is 15.4. The van der Waals surface area contributed by atoms with Gasteiger partial charge in [-0.25, -0.2) is 4.79 Å². The number of rotatable bonds is 1. The van der Waals surface area contributed by atoms with Crippen LogP contribution < -0.4 is 0 Å². The van der Waals surface area contributed by atoms with E-state index in [2.05, 4.69) is 15.9 Å². The first-order chi connectivity index (χ1) is 9.87. The molecule has 1 N–H and O–H groups in total. The van der Waals surface area contributed by atoms with Crippen LogP contribution >= 0.6 is 39.1 Å². The van der Waals surface area contributed by atoms with E-state index in [1.165, 1.54) is 0 Å². The summed E-state index contributed by atoms with van der Waals surface area (Å²) in [7, 11) is 0. The third-order valence-corrected chi connectivity index (χ3v) is 5.82. The number of aliphatic hydroxyl groups is 1. The molecule has 0 radical (unpaired) electrons. The Morgan fingerprint density at radius 1 is 1.33 bits per heavy atom. The predicted octanol–water partition coefficient (Wildman–Crippen LogP) is 5.20. The molecule has 1 saturated carbocycles. The van der Waals surface area contributed by atoms with Crippen LogP contribution in [-0.2, 0) is 9.53 Å². The van der Waals surface area contributed by atoms with Crippen LogP contribution in [0.4, 0.5) is 0 Å². The molecule has 3 nitrogen and oxygen atoms in total. The molecule has 1 aromatic carbocycles. The summed E-state index contributed by atoms with van der Waals surface area (Å²) >= 11 is 16.0. The first-order valence-corrected chi connectivity index (χ1v) is 8.24. The second-order valence-corrected chi connectivity index (χ2v) is 7.11. The van der Waals surface area contributed by atoms with Crippen molar-refractivity contribution in [1.82, 2.24) is 0 Å². The highest BCUT2D eigenvalue weighted by atomic mass is 79.9. The van der Waals surface area contributed by atoms with Gasteiger partial charge in [-0.3, -0.25) is 0 Å². The van der Waals surface area contributed by atoms with Gasteiger partial charge in [-0.2, -0.15) is 0 Å². The van der Waals surface area contributed by atoms with Crippen molar-refractivity contribution in [1.29, 1.82) is 0 Å². The van der Waals surface area contributed by atoms with Crippen molar-refractivity contribution in [2.75, 3.05) is 0 Å². The zero-order valence-corrected chi connectivity index (χ0v) is 14.4. The SMILES string of the molecule is Cc1c(Br)cc(Cl)c(C2=C(O)C3(CCCC3)OC2=O)c1Cl. The summed E-state index contributed by atoms with van der Waals surface area (Å²) in [4.78, 5) is 12.3. The largest absolute Gasteiger partial charge is 0.507 e. The molecule has 1 aliphatic carbocycles. The normalized spacial score (nSPS) is 20.5. The Balaban J connectivity index is 2.23. The number of esters is 1. The van der Waals surface area contributed by atoms with Gasteiger partial charge in [-0.05, 0) is 44.2 Å². The molecule has 3 rings (SSSR count). The Hall–Kier alpha value is -0.710. The molecular weight excluding hydrogens is 379 g/mol. The third-order valence-electron chi connectivity index (χ3n) is 4.22. The molecule has 0 saturated heterocycles. The second-order valence-electron chi connectivity index (χ2n) is 5.47. The Bertz CT molecular complexity index is 676. The highest BCUT2D eigenvalue weighted by molar-refractivity contribution is 9.10. The number of hydrogen-bond donors (Lipinski definition) is 1. The lowest BCUT2D eigenvalue weighted by atomic mass is 9.95. The summed E-state index contributed by atoms with van der Waals surface area (Å²) in [5, 5.41) is 11.2. The van der Waals surface area contributed by atoms with Crippen LogP contribution in [0.15, 0.2) is 16.3 Å².